The normalized spacial score (nSPS) is 11.4. The van der Waals surface area contributed by atoms with Crippen LogP contribution < -0.4 is 0 Å². The maximum Gasteiger partial charge on any atom is 0.122 e. The average molecular weight is 304 g/mol. The van der Waals surface area contributed by atoms with Crippen LogP contribution in [0.1, 0.15) is 75.8 Å². The Morgan fingerprint density at radius 1 is 0.818 bits per heavy atom. The fourth-order valence-corrected chi connectivity index (χ4v) is 2.56. The molecular weight excluding hydrogens is 272 g/mol. The van der Waals surface area contributed by atoms with Crippen molar-refractivity contribution in [2.24, 2.45) is 0 Å². The molecule has 1 aromatic carbocycles. The first-order valence-corrected chi connectivity index (χ1v) is 8.81. The van der Waals surface area contributed by atoms with Crippen LogP contribution in [0.15, 0.2) is 24.3 Å². The highest BCUT2D eigenvalue weighted by Gasteiger charge is 2.04. The molecule has 0 heterocycles. The first-order valence-electron chi connectivity index (χ1n) is 8.81. The molecule has 0 aliphatic rings. The van der Waals surface area contributed by atoms with E-state index in [9.17, 15) is 10.2 Å². The van der Waals surface area contributed by atoms with E-state index in [2.05, 4.69) is 19.1 Å². The van der Waals surface area contributed by atoms with Gasteiger partial charge in [-0.05, 0) is 56.7 Å². The van der Waals surface area contributed by atoms with Crippen LogP contribution in [0.25, 0.3) is 0 Å². The molecule has 1 rings (SSSR count). The average Bonchev–Trinajstić information content (AvgIpc) is 2.50. The van der Waals surface area contributed by atoms with Gasteiger partial charge in [0.2, 0.25) is 0 Å². The van der Waals surface area contributed by atoms with Crippen LogP contribution in [0.3, 0.4) is 0 Å². The number of aromatic hydroxyl groups is 2. The van der Waals surface area contributed by atoms with Crippen molar-refractivity contribution in [1.29, 1.82) is 0 Å². The Morgan fingerprint density at radius 3 is 2.00 bits per heavy atom. The molecule has 124 valence electrons. The van der Waals surface area contributed by atoms with Crippen molar-refractivity contribution < 1.29 is 10.2 Å². The van der Waals surface area contributed by atoms with E-state index in [4.69, 9.17) is 0 Å². The first kappa shape index (κ1) is 18.6. The molecule has 0 bridgehead atoms. The van der Waals surface area contributed by atoms with Gasteiger partial charge in [-0.25, -0.2) is 0 Å². The molecule has 0 aliphatic heterocycles. The minimum Gasteiger partial charge on any atom is -0.508 e. The van der Waals surface area contributed by atoms with Crippen LogP contribution in [0, 0.1) is 6.92 Å². The number of rotatable bonds is 11. The third-order valence-electron chi connectivity index (χ3n) is 4.14. The molecule has 0 aliphatic carbocycles. The Balaban J connectivity index is 2.05. The Bertz CT molecular complexity index is 426. The number of phenols is 2. The van der Waals surface area contributed by atoms with Crippen molar-refractivity contribution >= 4 is 0 Å². The minimum atomic E-state index is 0.199. The summed E-state index contributed by atoms with van der Waals surface area (Å²) in [5.41, 5.74) is 1.59. The van der Waals surface area contributed by atoms with Gasteiger partial charge in [0.15, 0.2) is 0 Å². The van der Waals surface area contributed by atoms with E-state index in [1.54, 1.807) is 19.1 Å². The summed E-state index contributed by atoms with van der Waals surface area (Å²) >= 11 is 0. The molecule has 0 unspecified atom stereocenters. The van der Waals surface area contributed by atoms with Gasteiger partial charge in [-0.15, -0.1) is 0 Å². The molecule has 22 heavy (non-hydrogen) atoms. The molecule has 0 saturated heterocycles. The first-order chi connectivity index (χ1) is 10.6. The second-order valence-electron chi connectivity index (χ2n) is 6.18. The Hall–Kier alpha value is -1.44. The van der Waals surface area contributed by atoms with Gasteiger partial charge < -0.3 is 10.2 Å². The van der Waals surface area contributed by atoms with Crippen LogP contribution in [-0.2, 0) is 6.42 Å². The number of benzene rings is 1. The van der Waals surface area contributed by atoms with Crippen molar-refractivity contribution in [2.45, 2.75) is 78.1 Å². The van der Waals surface area contributed by atoms with Crippen molar-refractivity contribution in [1.82, 2.24) is 0 Å². The zero-order chi connectivity index (χ0) is 16.2. The van der Waals surface area contributed by atoms with Gasteiger partial charge >= 0.3 is 0 Å². The van der Waals surface area contributed by atoms with E-state index in [1.165, 1.54) is 51.4 Å². The molecule has 0 fully saturated rings. The summed E-state index contributed by atoms with van der Waals surface area (Å²) < 4.78 is 0. The summed E-state index contributed by atoms with van der Waals surface area (Å²) in [5.74, 6) is 0.398. The van der Waals surface area contributed by atoms with Crippen LogP contribution in [-0.4, -0.2) is 10.2 Å². The molecule has 0 aromatic heterocycles. The van der Waals surface area contributed by atoms with Crippen molar-refractivity contribution in [2.75, 3.05) is 0 Å². The Kier molecular flexibility index (Phi) is 9.45. The van der Waals surface area contributed by atoms with Crippen molar-refractivity contribution in [3.63, 3.8) is 0 Å². The number of hydrogen-bond acceptors (Lipinski definition) is 2. The molecule has 0 saturated carbocycles. The quantitative estimate of drug-likeness (QED) is 0.387. The van der Waals surface area contributed by atoms with E-state index >= 15 is 0 Å². The fraction of sp³-hybridized carbons (Fsp3) is 0.600. The standard InChI is InChI=1S/C20H32O2/c1-3-4-5-6-7-8-9-10-11-12-13-14-18-15-19(21)17(2)20(22)16-18/h6-7,15-16,21-22H,3-5,8-14H2,1-2H3/b7-6+. The molecule has 0 atom stereocenters. The topological polar surface area (TPSA) is 40.5 Å². The number of phenolic OH excluding ortho intramolecular Hbond substituents is 2. The van der Waals surface area contributed by atoms with E-state index in [0.29, 0.717) is 5.56 Å². The summed E-state index contributed by atoms with van der Waals surface area (Å²) in [6.45, 7) is 3.96. The summed E-state index contributed by atoms with van der Waals surface area (Å²) in [6, 6.07) is 3.55. The van der Waals surface area contributed by atoms with Crippen LogP contribution >= 0.6 is 0 Å². The van der Waals surface area contributed by atoms with Crippen LogP contribution in [0.5, 0.6) is 11.5 Å². The lowest BCUT2D eigenvalue weighted by Gasteiger charge is -2.07. The third-order valence-corrected chi connectivity index (χ3v) is 4.14. The van der Waals surface area contributed by atoms with Gasteiger partial charge in [-0.3, -0.25) is 0 Å². The summed E-state index contributed by atoms with van der Waals surface area (Å²) in [5, 5.41) is 19.4. The summed E-state index contributed by atoms with van der Waals surface area (Å²) in [4.78, 5) is 0. The fourth-order valence-electron chi connectivity index (χ4n) is 2.56. The maximum atomic E-state index is 9.69. The molecule has 0 radical (unpaired) electrons. The smallest absolute Gasteiger partial charge is 0.122 e. The van der Waals surface area contributed by atoms with Gasteiger partial charge in [0.25, 0.3) is 0 Å². The zero-order valence-electron chi connectivity index (χ0n) is 14.3. The van der Waals surface area contributed by atoms with Gasteiger partial charge in [-0.1, -0.05) is 51.2 Å². The lowest BCUT2D eigenvalue weighted by Crippen LogP contribution is -1.88. The second kappa shape index (κ2) is 11.2. The van der Waals surface area contributed by atoms with E-state index in [-0.39, 0.29) is 11.5 Å². The molecular formula is C20H32O2. The highest BCUT2D eigenvalue weighted by atomic mass is 16.3. The summed E-state index contributed by atoms with van der Waals surface area (Å²) in [7, 11) is 0. The van der Waals surface area contributed by atoms with Crippen molar-refractivity contribution in [3.05, 3.63) is 35.4 Å². The Labute approximate surface area is 135 Å². The molecule has 2 N–H and O–H groups in total. The van der Waals surface area contributed by atoms with E-state index in [0.717, 1.165) is 18.4 Å². The lowest BCUT2D eigenvalue weighted by molar-refractivity contribution is 0.441. The summed E-state index contributed by atoms with van der Waals surface area (Å²) in [6.07, 6.45) is 16.8. The van der Waals surface area contributed by atoms with Crippen molar-refractivity contribution in [3.8, 4) is 11.5 Å². The van der Waals surface area contributed by atoms with Crippen LogP contribution in [0.2, 0.25) is 0 Å². The predicted molar refractivity (Wildman–Crippen MR) is 94.6 cm³/mol. The number of allylic oxidation sites excluding steroid dienone is 2. The maximum absolute atomic E-state index is 9.69. The lowest BCUT2D eigenvalue weighted by atomic mass is 10.0. The number of unbranched alkanes of at least 4 members (excludes halogenated alkanes) is 7. The van der Waals surface area contributed by atoms with Gasteiger partial charge in [0, 0.05) is 5.56 Å². The molecule has 2 nitrogen and oxygen atoms in total. The van der Waals surface area contributed by atoms with Gasteiger partial charge in [0.05, 0.1) is 0 Å². The molecule has 0 amide bonds. The zero-order valence-corrected chi connectivity index (χ0v) is 14.3. The van der Waals surface area contributed by atoms with Crippen LogP contribution in [0.4, 0.5) is 0 Å². The second-order valence-corrected chi connectivity index (χ2v) is 6.18. The van der Waals surface area contributed by atoms with E-state index in [1.807, 2.05) is 0 Å². The Morgan fingerprint density at radius 2 is 1.36 bits per heavy atom. The highest BCUT2D eigenvalue weighted by Crippen LogP contribution is 2.28. The number of aryl methyl sites for hydroxylation is 1. The highest BCUT2D eigenvalue weighted by molar-refractivity contribution is 5.45. The van der Waals surface area contributed by atoms with E-state index < -0.39 is 0 Å². The SMILES string of the molecule is CCCC/C=C/CCCCCCCc1cc(O)c(C)c(O)c1. The molecule has 2 heteroatoms. The van der Waals surface area contributed by atoms with Gasteiger partial charge in [-0.2, -0.15) is 0 Å². The minimum absolute atomic E-state index is 0.199. The molecule has 1 aromatic rings. The number of hydrogen-bond donors (Lipinski definition) is 2. The monoisotopic (exact) mass is 304 g/mol. The van der Waals surface area contributed by atoms with Gasteiger partial charge in [0.1, 0.15) is 11.5 Å². The molecule has 0 spiro atoms. The predicted octanol–water partition coefficient (Wildman–Crippen LogP) is 6.04. The largest absolute Gasteiger partial charge is 0.508 e. The third kappa shape index (κ3) is 7.53.